The molecule has 4 rings (SSSR count). The van der Waals surface area contributed by atoms with E-state index in [2.05, 4.69) is 33.5 Å². The smallest absolute Gasteiger partial charge is 0.185 e. The summed E-state index contributed by atoms with van der Waals surface area (Å²) in [5.41, 5.74) is 3.89. The van der Waals surface area contributed by atoms with Crippen LogP contribution in [0.25, 0.3) is 17.0 Å². The standard InChI is InChI=1S/C26H31N3O2/c1-20-7-9-21(10-8-20)26(31)12-11-22-17-29(25-6-4-3-5-24(22)25)19-23(30)18-28-15-13-27(2)14-16-28/h3-12,17,23,30H,13-16,18-19H2,1-2H3/b12-11+. The molecular weight excluding hydrogens is 386 g/mol. The van der Waals surface area contributed by atoms with Crippen molar-refractivity contribution in [2.75, 3.05) is 39.8 Å². The number of aliphatic hydroxyl groups is 1. The lowest BCUT2D eigenvalue weighted by Crippen LogP contribution is -2.47. The summed E-state index contributed by atoms with van der Waals surface area (Å²) in [4.78, 5) is 17.2. The molecule has 5 nitrogen and oxygen atoms in total. The summed E-state index contributed by atoms with van der Waals surface area (Å²) < 4.78 is 2.10. The largest absolute Gasteiger partial charge is 0.390 e. The van der Waals surface area contributed by atoms with Gasteiger partial charge >= 0.3 is 0 Å². The minimum absolute atomic E-state index is 0.00747. The van der Waals surface area contributed by atoms with Crippen LogP contribution in [-0.4, -0.2) is 71.1 Å². The van der Waals surface area contributed by atoms with E-state index in [1.165, 1.54) is 0 Å². The average molecular weight is 418 g/mol. The van der Waals surface area contributed by atoms with E-state index in [1.807, 2.05) is 55.6 Å². The van der Waals surface area contributed by atoms with Crippen LogP contribution in [0.4, 0.5) is 0 Å². The van der Waals surface area contributed by atoms with Crippen molar-refractivity contribution >= 4 is 22.8 Å². The third kappa shape index (κ3) is 5.31. The van der Waals surface area contributed by atoms with Gasteiger partial charge in [0.25, 0.3) is 0 Å². The number of ketones is 1. The van der Waals surface area contributed by atoms with E-state index < -0.39 is 6.10 Å². The molecule has 0 amide bonds. The number of aryl methyl sites for hydroxylation is 1. The van der Waals surface area contributed by atoms with E-state index >= 15 is 0 Å². The Hall–Kier alpha value is -2.73. The van der Waals surface area contributed by atoms with Crippen LogP contribution in [0.2, 0.25) is 0 Å². The first kappa shape index (κ1) is 21.5. The number of benzene rings is 2. The SMILES string of the molecule is Cc1ccc(C(=O)/C=C/c2cn(CC(O)CN3CCN(C)CC3)c3ccccc23)cc1. The number of nitrogens with zero attached hydrogens (tertiary/aromatic N) is 3. The maximum absolute atomic E-state index is 12.6. The molecule has 1 aliphatic rings. The highest BCUT2D eigenvalue weighted by Gasteiger charge is 2.18. The molecule has 1 saturated heterocycles. The highest BCUT2D eigenvalue weighted by molar-refractivity contribution is 6.07. The van der Waals surface area contributed by atoms with E-state index in [1.54, 1.807) is 6.08 Å². The van der Waals surface area contributed by atoms with Gasteiger partial charge in [0, 0.05) is 67.5 Å². The summed E-state index contributed by atoms with van der Waals surface area (Å²) in [7, 11) is 2.14. The number of fused-ring (bicyclic) bond motifs is 1. The van der Waals surface area contributed by atoms with Crippen LogP contribution < -0.4 is 0 Å². The number of rotatable bonds is 7. The number of β-amino-alcohol motifs (C(OH)–C–C–N with tert-alkyl or cyclic N) is 1. The molecule has 1 aromatic heterocycles. The quantitative estimate of drug-likeness (QED) is 0.473. The highest BCUT2D eigenvalue weighted by Crippen LogP contribution is 2.23. The third-order valence-corrected chi connectivity index (χ3v) is 6.04. The average Bonchev–Trinajstić information content (AvgIpc) is 3.11. The monoisotopic (exact) mass is 417 g/mol. The summed E-state index contributed by atoms with van der Waals surface area (Å²) in [5.74, 6) is -0.00747. The summed E-state index contributed by atoms with van der Waals surface area (Å²) in [6.07, 6.45) is 5.12. The van der Waals surface area contributed by atoms with Crippen LogP contribution in [0.1, 0.15) is 21.5 Å². The number of allylic oxidation sites excluding steroid dienone is 1. The molecule has 0 saturated carbocycles. The third-order valence-electron chi connectivity index (χ3n) is 6.04. The molecule has 1 atom stereocenters. The van der Waals surface area contributed by atoms with Gasteiger partial charge in [-0.1, -0.05) is 48.0 Å². The van der Waals surface area contributed by atoms with Crippen LogP contribution in [0.3, 0.4) is 0 Å². The van der Waals surface area contributed by atoms with Gasteiger partial charge in [-0.3, -0.25) is 9.69 Å². The number of para-hydroxylation sites is 1. The molecular formula is C26H31N3O2. The number of carbonyl (C=O) groups is 1. The normalized spacial score (nSPS) is 16.9. The Balaban J connectivity index is 1.49. The topological polar surface area (TPSA) is 48.7 Å². The molecule has 5 heteroatoms. The van der Waals surface area contributed by atoms with E-state index in [4.69, 9.17) is 0 Å². The van der Waals surface area contributed by atoms with Crippen molar-refractivity contribution in [1.29, 1.82) is 0 Å². The van der Waals surface area contributed by atoms with Crippen molar-refractivity contribution in [3.05, 3.63) is 77.5 Å². The maximum atomic E-state index is 12.6. The van der Waals surface area contributed by atoms with Crippen molar-refractivity contribution < 1.29 is 9.90 Å². The zero-order chi connectivity index (χ0) is 21.8. The van der Waals surface area contributed by atoms with Gasteiger partial charge in [-0.2, -0.15) is 0 Å². The maximum Gasteiger partial charge on any atom is 0.185 e. The second kappa shape index (κ2) is 9.60. The highest BCUT2D eigenvalue weighted by atomic mass is 16.3. The molecule has 1 fully saturated rings. The summed E-state index contributed by atoms with van der Waals surface area (Å²) in [5, 5.41) is 11.8. The fraction of sp³-hybridized carbons (Fsp3) is 0.346. The molecule has 31 heavy (non-hydrogen) atoms. The molecule has 0 radical (unpaired) electrons. The first-order chi connectivity index (χ1) is 15.0. The zero-order valence-corrected chi connectivity index (χ0v) is 18.4. The Bertz CT molecular complexity index is 1060. The number of aromatic nitrogens is 1. The van der Waals surface area contributed by atoms with Crippen LogP contribution in [-0.2, 0) is 6.54 Å². The molecule has 0 spiro atoms. The molecule has 2 aromatic carbocycles. The second-order valence-corrected chi connectivity index (χ2v) is 8.58. The molecule has 0 aliphatic carbocycles. The lowest BCUT2D eigenvalue weighted by Gasteiger charge is -2.33. The summed E-state index contributed by atoms with van der Waals surface area (Å²) in [6, 6.07) is 15.8. The van der Waals surface area contributed by atoms with E-state index in [0.29, 0.717) is 18.7 Å². The number of aliphatic hydroxyl groups excluding tert-OH is 1. The van der Waals surface area contributed by atoms with Crippen molar-refractivity contribution in [3.63, 3.8) is 0 Å². The first-order valence-electron chi connectivity index (χ1n) is 11.0. The van der Waals surface area contributed by atoms with Gasteiger partial charge in [0.15, 0.2) is 5.78 Å². The minimum Gasteiger partial charge on any atom is -0.390 e. The Labute approximate surface area is 184 Å². The zero-order valence-electron chi connectivity index (χ0n) is 18.4. The van der Waals surface area contributed by atoms with Crippen molar-refractivity contribution in [2.24, 2.45) is 0 Å². The number of hydrogen-bond acceptors (Lipinski definition) is 4. The Morgan fingerprint density at radius 2 is 1.74 bits per heavy atom. The van der Waals surface area contributed by atoms with E-state index in [9.17, 15) is 9.90 Å². The van der Waals surface area contributed by atoms with Crippen molar-refractivity contribution in [3.8, 4) is 0 Å². The van der Waals surface area contributed by atoms with Gasteiger partial charge in [-0.15, -0.1) is 0 Å². The molecule has 3 aromatic rings. The number of carbonyl (C=O) groups excluding carboxylic acids is 1. The van der Waals surface area contributed by atoms with Gasteiger partial charge in [-0.25, -0.2) is 0 Å². The van der Waals surface area contributed by atoms with E-state index in [0.717, 1.165) is 48.2 Å². The molecule has 1 N–H and O–H groups in total. The first-order valence-corrected chi connectivity index (χ1v) is 11.0. The number of likely N-dealkylation sites (N-methyl/N-ethyl adjacent to an activating group) is 1. The van der Waals surface area contributed by atoms with Crippen molar-refractivity contribution in [2.45, 2.75) is 19.6 Å². The fourth-order valence-corrected chi connectivity index (χ4v) is 4.15. The molecule has 0 bridgehead atoms. The van der Waals surface area contributed by atoms with Gasteiger partial charge in [0.1, 0.15) is 0 Å². The van der Waals surface area contributed by atoms with Gasteiger partial charge < -0.3 is 14.6 Å². The predicted octanol–water partition coefficient (Wildman–Crippen LogP) is 3.45. The summed E-state index contributed by atoms with van der Waals surface area (Å²) >= 11 is 0. The lowest BCUT2D eigenvalue weighted by molar-refractivity contribution is 0.0717. The second-order valence-electron chi connectivity index (χ2n) is 8.58. The fourth-order valence-electron chi connectivity index (χ4n) is 4.15. The minimum atomic E-state index is -0.440. The van der Waals surface area contributed by atoms with Gasteiger partial charge in [0.2, 0.25) is 0 Å². The van der Waals surface area contributed by atoms with E-state index in [-0.39, 0.29) is 5.78 Å². The Kier molecular flexibility index (Phi) is 6.66. The van der Waals surface area contributed by atoms with Gasteiger partial charge in [0.05, 0.1) is 6.10 Å². The lowest BCUT2D eigenvalue weighted by atomic mass is 10.1. The molecule has 162 valence electrons. The van der Waals surface area contributed by atoms with Crippen LogP contribution in [0.15, 0.2) is 60.8 Å². The van der Waals surface area contributed by atoms with Crippen molar-refractivity contribution in [1.82, 2.24) is 14.4 Å². The Morgan fingerprint density at radius 3 is 2.48 bits per heavy atom. The number of piperazine rings is 1. The summed E-state index contributed by atoms with van der Waals surface area (Å²) in [6.45, 7) is 7.30. The van der Waals surface area contributed by atoms with Crippen LogP contribution in [0.5, 0.6) is 0 Å². The molecule has 1 aliphatic heterocycles. The predicted molar refractivity (Wildman–Crippen MR) is 126 cm³/mol. The number of hydrogen-bond donors (Lipinski definition) is 1. The Morgan fingerprint density at radius 1 is 1.03 bits per heavy atom. The van der Waals surface area contributed by atoms with Crippen LogP contribution in [0, 0.1) is 6.92 Å². The molecule has 1 unspecified atom stereocenters. The van der Waals surface area contributed by atoms with Gasteiger partial charge in [-0.05, 0) is 32.2 Å². The molecule has 2 heterocycles. The van der Waals surface area contributed by atoms with Crippen LogP contribution >= 0.6 is 0 Å².